The maximum atomic E-state index is 14.5. The molecule has 4 rings (SSSR count). The Balaban J connectivity index is 1.17. The molecule has 0 saturated heterocycles. The van der Waals surface area contributed by atoms with Crippen molar-refractivity contribution in [2.75, 3.05) is 0 Å². The molecule has 35 heavy (non-hydrogen) atoms. The fourth-order valence-electron chi connectivity index (χ4n) is 8.04. The fourth-order valence-corrected chi connectivity index (χ4v) is 8.04. The van der Waals surface area contributed by atoms with E-state index < -0.39 is 0 Å². The highest BCUT2D eigenvalue weighted by Crippen LogP contribution is 2.49. The normalized spacial score (nSPS) is 31.3. The number of benzene rings is 1. The van der Waals surface area contributed by atoms with E-state index in [2.05, 4.69) is 6.92 Å². The first-order valence-electron chi connectivity index (χ1n) is 15.5. The van der Waals surface area contributed by atoms with E-state index in [1.54, 1.807) is 12.1 Å². The maximum absolute atomic E-state index is 14.5. The molecule has 3 saturated carbocycles. The van der Waals surface area contributed by atoms with Gasteiger partial charge in [0.2, 0.25) is 0 Å². The van der Waals surface area contributed by atoms with Gasteiger partial charge in [-0.05, 0) is 91.7 Å². The molecule has 1 aromatic rings. The lowest BCUT2D eigenvalue weighted by atomic mass is 9.63. The second-order valence-electron chi connectivity index (χ2n) is 12.7. The third kappa shape index (κ3) is 7.54. The lowest BCUT2D eigenvalue weighted by Crippen LogP contribution is -2.31. The Labute approximate surface area is 215 Å². The zero-order chi connectivity index (χ0) is 24.6. The van der Waals surface area contributed by atoms with Crippen molar-refractivity contribution < 1.29 is 8.78 Å². The predicted molar refractivity (Wildman–Crippen MR) is 145 cm³/mol. The van der Waals surface area contributed by atoms with E-state index in [9.17, 15) is 8.78 Å². The van der Waals surface area contributed by atoms with Crippen molar-refractivity contribution in [2.24, 2.45) is 29.6 Å². The molecular formula is C33H52F2. The molecule has 1 aromatic carbocycles. The van der Waals surface area contributed by atoms with E-state index in [4.69, 9.17) is 0 Å². The zero-order valence-corrected chi connectivity index (χ0v) is 22.8. The van der Waals surface area contributed by atoms with E-state index in [1.165, 1.54) is 96.3 Å². The molecule has 0 amide bonds. The van der Waals surface area contributed by atoms with Gasteiger partial charge in [0.15, 0.2) is 0 Å². The van der Waals surface area contributed by atoms with Gasteiger partial charge in [-0.25, -0.2) is 8.78 Å². The lowest BCUT2D eigenvalue weighted by Gasteiger charge is -2.43. The van der Waals surface area contributed by atoms with Gasteiger partial charge in [-0.2, -0.15) is 0 Å². The number of unbranched alkanes of at least 4 members (excludes halogenated alkanes) is 3. The Morgan fingerprint density at radius 3 is 1.91 bits per heavy atom. The van der Waals surface area contributed by atoms with Crippen molar-refractivity contribution in [1.29, 1.82) is 0 Å². The topological polar surface area (TPSA) is 0 Å². The molecule has 0 spiro atoms. The number of hydrogen-bond donors (Lipinski definition) is 0. The number of halogens is 2. The minimum absolute atomic E-state index is 0.283. The predicted octanol–water partition coefficient (Wildman–Crippen LogP) is 10.8. The molecule has 4 atom stereocenters. The molecule has 0 N–H and O–H groups in total. The quantitative estimate of drug-likeness (QED) is 0.273. The fraction of sp³-hybridized carbons (Fsp3) is 0.818. The lowest BCUT2D eigenvalue weighted by molar-refractivity contribution is 0.108. The van der Waals surface area contributed by atoms with Gasteiger partial charge in [0.25, 0.3) is 0 Å². The van der Waals surface area contributed by atoms with Crippen LogP contribution in [0.5, 0.6) is 0 Å². The Kier molecular flexibility index (Phi) is 10.5. The van der Waals surface area contributed by atoms with Gasteiger partial charge in [-0.1, -0.05) is 97.3 Å². The second-order valence-corrected chi connectivity index (χ2v) is 12.7. The number of rotatable bonds is 11. The van der Waals surface area contributed by atoms with E-state index in [0.717, 1.165) is 54.4 Å². The summed E-state index contributed by atoms with van der Waals surface area (Å²) in [6, 6.07) is 3.31. The molecular weight excluding hydrogens is 434 g/mol. The van der Waals surface area contributed by atoms with E-state index >= 15 is 0 Å². The van der Waals surface area contributed by atoms with Gasteiger partial charge in [0.1, 0.15) is 11.6 Å². The molecule has 198 valence electrons. The molecule has 3 aliphatic rings. The summed E-state index contributed by atoms with van der Waals surface area (Å²) in [4.78, 5) is 0. The van der Waals surface area contributed by atoms with E-state index in [1.807, 2.05) is 6.92 Å². The molecule has 4 unspecified atom stereocenters. The van der Waals surface area contributed by atoms with Crippen LogP contribution >= 0.6 is 0 Å². The van der Waals surface area contributed by atoms with Gasteiger partial charge in [-0.15, -0.1) is 0 Å². The Morgan fingerprint density at radius 1 is 0.629 bits per heavy atom. The summed E-state index contributed by atoms with van der Waals surface area (Å²) in [5.41, 5.74) is 1.20. The summed E-state index contributed by atoms with van der Waals surface area (Å²) >= 11 is 0. The van der Waals surface area contributed by atoms with E-state index in [0.29, 0.717) is 12.3 Å². The first-order valence-corrected chi connectivity index (χ1v) is 15.5. The third-order valence-corrected chi connectivity index (χ3v) is 10.3. The first-order chi connectivity index (χ1) is 17.1. The van der Waals surface area contributed by atoms with Crippen LogP contribution in [0, 0.1) is 41.2 Å². The molecule has 3 aliphatic carbocycles. The van der Waals surface area contributed by atoms with Crippen LogP contribution in [0.4, 0.5) is 8.78 Å². The van der Waals surface area contributed by atoms with Crippen LogP contribution < -0.4 is 0 Å². The van der Waals surface area contributed by atoms with Gasteiger partial charge >= 0.3 is 0 Å². The highest BCUT2D eigenvalue weighted by molar-refractivity contribution is 5.29. The minimum atomic E-state index is -0.321. The monoisotopic (exact) mass is 486 g/mol. The van der Waals surface area contributed by atoms with Gasteiger partial charge in [0.05, 0.1) is 0 Å². The highest BCUT2D eigenvalue weighted by Gasteiger charge is 2.36. The molecule has 2 heteroatoms. The molecule has 0 heterocycles. The number of fused-ring (bicyclic) bond motifs is 1. The average molecular weight is 487 g/mol. The van der Waals surface area contributed by atoms with Crippen LogP contribution in [-0.4, -0.2) is 0 Å². The van der Waals surface area contributed by atoms with Crippen molar-refractivity contribution in [3.63, 3.8) is 0 Å². The zero-order valence-electron chi connectivity index (χ0n) is 22.8. The summed E-state index contributed by atoms with van der Waals surface area (Å²) in [6.45, 7) is 4.28. The molecule has 0 nitrogen and oxygen atoms in total. The molecule has 3 fully saturated rings. The summed E-state index contributed by atoms with van der Waals surface area (Å²) in [6.07, 6.45) is 25.0. The van der Waals surface area contributed by atoms with Crippen molar-refractivity contribution in [3.8, 4) is 0 Å². The van der Waals surface area contributed by atoms with Crippen LogP contribution in [0.25, 0.3) is 0 Å². The van der Waals surface area contributed by atoms with Crippen LogP contribution in [0.15, 0.2) is 12.1 Å². The smallest absolute Gasteiger partial charge is 0.129 e. The summed E-state index contributed by atoms with van der Waals surface area (Å²) in [7, 11) is 0. The standard InChI is InChI=1S/C33H52F2/c1-3-5-6-7-9-24-10-12-25(13-11-24)14-15-26-16-17-28-21-29(19-18-27(28)20-26)30-22-32(34)31(8-4-2)33(35)23-30/h22-29H,3-21H2,1-2H3. The van der Waals surface area contributed by atoms with Gasteiger partial charge in [0, 0.05) is 5.56 Å². The van der Waals surface area contributed by atoms with Crippen LogP contribution in [0.3, 0.4) is 0 Å². The van der Waals surface area contributed by atoms with Gasteiger partial charge < -0.3 is 0 Å². The van der Waals surface area contributed by atoms with Crippen LogP contribution in [-0.2, 0) is 6.42 Å². The van der Waals surface area contributed by atoms with Crippen molar-refractivity contribution in [3.05, 3.63) is 34.9 Å². The van der Waals surface area contributed by atoms with Crippen molar-refractivity contribution in [1.82, 2.24) is 0 Å². The second kappa shape index (κ2) is 13.6. The van der Waals surface area contributed by atoms with Crippen molar-refractivity contribution >= 4 is 0 Å². The Bertz CT molecular complexity index is 739. The third-order valence-electron chi connectivity index (χ3n) is 10.3. The summed E-state index contributed by atoms with van der Waals surface area (Å²) in [5, 5.41) is 0. The molecule has 0 radical (unpaired) electrons. The Morgan fingerprint density at radius 2 is 1.23 bits per heavy atom. The molecule has 0 bridgehead atoms. The van der Waals surface area contributed by atoms with Gasteiger partial charge in [-0.3, -0.25) is 0 Å². The number of hydrogen-bond acceptors (Lipinski definition) is 0. The Hall–Kier alpha value is -0.920. The van der Waals surface area contributed by atoms with E-state index in [-0.39, 0.29) is 17.2 Å². The average Bonchev–Trinajstić information content (AvgIpc) is 2.87. The summed E-state index contributed by atoms with van der Waals surface area (Å²) in [5.74, 6) is 4.30. The first kappa shape index (κ1) is 27.1. The van der Waals surface area contributed by atoms with Crippen molar-refractivity contribution in [2.45, 2.75) is 142 Å². The minimum Gasteiger partial charge on any atom is -0.207 e. The van der Waals surface area contributed by atoms with Crippen LogP contribution in [0.2, 0.25) is 0 Å². The molecule has 0 aromatic heterocycles. The SMILES string of the molecule is CCCCCCC1CCC(CCC2CCC3CC(c4cc(F)c(CCC)c(F)c4)CCC3C2)CC1. The summed E-state index contributed by atoms with van der Waals surface area (Å²) < 4.78 is 29.1. The largest absolute Gasteiger partial charge is 0.207 e. The highest BCUT2D eigenvalue weighted by atomic mass is 19.1. The van der Waals surface area contributed by atoms with Crippen LogP contribution in [0.1, 0.15) is 146 Å². The maximum Gasteiger partial charge on any atom is 0.129 e. The molecule has 0 aliphatic heterocycles.